The van der Waals surface area contributed by atoms with Gasteiger partial charge in [-0.2, -0.15) is 0 Å². The molecule has 0 aliphatic heterocycles. The van der Waals surface area contributed by atoms with E-state index in [1.54, 1.807) is 0 Å². The molecule has 0 saturated carbocycles. The van der Waals surface area contributed by atoms with Crippen LogP contribution in [0.4, 0.5) is 0 Å². The average molecular weight is 156 g/mol. The number of rotatable bonds is 4. The molecule has 0 radical (unpaired) electrons. The van der Waals surface area contributed by atoms with Gasteiger partial charge in [-0.1, -0.05) is 0 Å². The molecule has 0 aromatic rings. The molecule has 58 valence electrons. The van der Waals surface area contributed by atoms with Crippen molar-refractivity contribution in [3.05, 3.63) is 0 Å². The Morgan fingerprint density at radius 3 is 0.889 bits per heavy atom. The van der Waals surface area contributed by atoms with Crippen molar-refractivity contribution in [1.82, 2.24) is 0 Å². The first-order valence-corrected chi connectivity index (χ1v) is 4.08. The van der Waals surface area contributed by atoms with E-state index in [4.69, 9.17) is 18.1 Å². The molecule has 4 nitrogen and oxygen atoms in total. The third-order valence-electron chi connectivity index (χ3n) is 1.00. The molecule has 0 aliphatic rings. The van der Waals surface area contributed by atoms with Crippen molar-refractivity contribution in [1.29, 1.82) is 0 Å². The van der Waals surface area contributed by atoms with Gasteiger partial charge in [0.05, 0.1) is 0 Å². The third-order valence-corrected chi connectivity index (χ3v) is 3.00. The molecule has 0 fully saturated rings. The molecular formula is C4H13O4P. The molecule has 0 aromatic heterocycles. The summed E-state index contributed by atoms with van der Waals surface area (Å²) in [4.78, 5) is 0. The Morgan fingerprint density at radius 2 is 0.889 bits per heavy atom. The zero-order chi connectivity index (χ0) is 7.33. The summed E-state index contributed by atoms with van der Waals surface area (Å²) >= 11 is 0. The van der Waals surface area contributed by atoms with E-state index in [0.29, 0.717) is 0 Å². The van der Waals surface area contributed by atoms with Crippen LogP contribution >= 0.6 is 8.17 Å². The van der Waals surface area contributed by atoms with Gasteiger partial charge in [0.25, 0.3) is 0 Å². The maximum absolute atomic E-state index is 4.86. The first-order valence-electron chi connectivity index (χ1n) is 2.45. The monoisotopic (exact) mass is 156 g/mol. The van der Waals surface area contributed by atoms with Gasteiger partial charge in [-0.3, -0.25) is 0 Å². The van der Waals surface area contributed by atoms with Gasteiger partial charge >= 0.3 is 54.7 Å². The summed E-state index contributed by atoms with van der Waals surface area (Å²) in [6.45, 7) is 0. The molecule has 9 heavy (non-hydrogen) atoms. The second-order valence-corrected chi connectivity index (χ2v) is 3.95. The zero-order valence-corrected chi connectivity index (χ0v) is 7.13. The van der Waals surface area contributed by atoms with Crippen molar-refractivity contribution < 1.29 is 18.1 Å². The minimum atomic E-state index is -2.69. The van der Waals surface area contributed by atoms with Crippen LogP contribution in [0.25, 0.3) is 0 Å². The van der Waals surface area contributed by atoms with Crippen molar-refractivity contribution in [2.24, 2.45) is 0 Å². The van der Waals surface area contributed by atoms with E-state index >= 15 is 0 Å². The molecular weight excluding hydrogens is 143 g/mol. The van der Waals surface area contributed by atoms with Gasteiger partial charge in [-0.05, 0) is 0 Å². The molecule has 0 N–H and O–H groups in total. The fourth-order valence-corrected chi connectivity index (χ4v) is 1.50. The van der Waals surface area contributed by atoms with E-state index in [-0.39, 0.29) is 0 Å². The summed E-state index contributed by atoms with van der Waals surface area (Å²) < 4.78 is 19.4. The first-order chi connectivity index (χ1) is 4.24. The standard InChI is InChI=1S/C4H13O4P/c1-5-9(6-2,7-3)8-4/h9H,1-4H3. The molecule has 0 saturated heterocycles. The normalized spacial score (nSPS) is 13.8. The van der Waals surface area contributed by atoms with Crippen molar-refractivity contribution in [3.63, 3.8) is 0 Å². The quantitative estimate of drug-likeness (QED) is 0.568. The van der Waals surface area contributed by atoms with Crippen molar-refractivity contribution in [2.75, 3.05) is 28.4 Å². The minimum absolute atomic E-state index is 1.49. The summed E-state index contributed by atoms with van der Waals surface area (Å²) in [6, 6.07) is 0. The van der Waals surface area contributed by atoms with E-state index in [1.807, 2.05) is 0 Å². The van der Waals surface area contributed by atoms with Gasteiger partial charge in [0.2, 0.25) is 0 Å². The van der Waals surface area contributed by atoms with E-state index in [9.17, 15) is 0 Å². The van der Waals surface area contributed by atoms with Crippen molar-refractivity contribution in [2.45, 2.75) is 0 Å². The number of hydrogen-bond donors (Lipinski definition) is 0. The van der Waals surface area contributed by atoms with Crippen molar-refractivity contribution >= 4 is 8.17 Å². The first kappa shape index (κ1) is 9.27. The Kier molecular flexibility index (Phi) is 4.27. The van der Waals surface area contributed by atoms with Crippen LogP contribution in [0.5, 0.6) is 0 Å². The summed E-state index contributed by atoms with van der Waals surface area (Å²) in [7, 11) is 3.26. The van der Waals surface area contributed by atoms with Crippen LogP contribution in [0.1, 0.15) is 0 Å². The van der Waals surface area contributed by atoms with Crippen LogP contribution < -0.4 is 0 Å². The molecule has 0 bridgehead atoms. The van der Waals surface area contributed by atoms with Crippen LogP contribution in [-0.2, 0) is 18.1 Å². The van der Waals surface area contributed by atoms with Gasteiger partial charge in [-0.25, -0.2) is 0 Å². The van der Waals surface area contributed by atoms with Gasteiger partial charge in [0, 0.05) is 0 Å². The molecule has 0 atom stereocenters. The van der Waals surface area contributed by atoms with Gasteiger partial charge in [-0.15, -0.1) is 0 Å². The molecule has 0 unspecified atom stereocenters. The molecule has 0 rings (SSSR count). The molecule has 0 amide bonds. The van der Waals surface area contributed by atoms with Crippen LogP contribution in [0.2, 0.25) is 0 Å². The molecule has 5 heteroatoms. The van der Waals surface area contributed by atoms with E-state index in [1.165, 1.54) is 28.4 Å². The van der Waals surface area contributed by atoms with Gasteiger partial charge < -0.3 is 0 Å². The van der Waals surface area contributed by atoms with Crippen LogP contribution in [0.15, 0.2) is 0 Å². The Bertz CT molecular complexity index is 55.5. The van der Waals surface area contributed by atoms with E-state index in [0.717, 1.165) is 0 Å². The zero-order valence-electron chi connectivity index (χ0n) is 6.13. The second-order valence-electron chi connectivity index (χ2n) is 1.32. The third kappa shape index (κ3) is 2.16. The predicted octanol–water partition coefficient (Wildman–Crippen LogP) is 0.982. The fourth-order valence-electron chi connectivity index (χ4n) is 0.500. The van der Waals surface area contributed by atoms with E-state index < -0.39 is 8.17 Å². The molecule has 0 heterocycles. The fraction of sp³-hybridized carbons (Fsp3) is 1.00. The second kappa shape index (κ2) is 4.14. The topological polar surface area (TPSA) is 36.9 Å². The molecule has 0 spiro atoms. The van der Waals surface area contributed by atoms with E-state index in [2.05, 4.69) is 0 Å². The SMILES string of the molecule is CO[PH](OC)(OC)OC. The van der Waals surface area contributed by atoms with Gasteiger partial charge in [0.1, 0.15) is 0 Å². The molecule has 0 aromatic carbocycles. The Labute approximate surface area is 55.7 Å². The number of hydrogen-bond acceptors (Lipinski definition) is 4. The van der Waals surface area contributed by atoms with Crippen LogP contribution in [0, 0.1) is 0 Å². The maximum atomic E-state index is 4.86. The predicted molar refractivity (Wildman–Crippen MR) is 36.4 cm³/mol. The van der Waals surface area contributed by atoms with Gasteiger partial charge in [0.15, 0.2) is 0 Å². The van der Waals surface area contributed by atoms with Crippen molar-refractivity contribution in [3.8, 4) is 0 Å². The average Bonchev–Trinajstić information content (AvgIpc) is 1.95. The summed E-state index contributed by atoms with van der Waals surface area (Å²) in [6.07, 6.45) is 0. The summed E-state index contributed by atoms with van der Waals surface area (Å²) in [5.41, 5.74) is 0. The summed E-state index contributed by atoms with van der Waals surface area (Å²) in [5.74, 6) is 0. The Balaban J connectivity index is 3.82. The van der Waals surface area contributed by atoms with Crippen LogP contribution in [0.3, 0.4) is 0 Å². The Morgan fingerprint density at radius 1 is 0.667 bits per heavy atom. The Hall–Kier alpha value is 0.270. The van der Waals surface area contributed by atoms with Crippen LogP contribution in [-0.4, -0.2) is 28.4 Å². The summed E-state index contributed by atoms with van der Waals surface area (Å²) in [5, 5.41) is 0. The molecule has 0 aliphatic carbocycles.